The fourth-order valence-electron chi connectivity index (χ4n) is 3.74. The number of Topliss-reactive ketones (excluding diaryl/α,β-unsaturated/α-hetero) is 1. The van der Waals surface area contributed by atoms with Gasteiger partial charge in [0.05, 0.1) is 11.0 Å². The van der Waals surface area contributed by atoms with Crippen LogP contribution in [0, 0.1) is 0 Å². The molecule has 1 aliphatic heterocycles. The Bertz CT molecular complexity index is 1060. The standard InChI is InChI=1S/C23H26N4O3/c1-2-11-24-12-14-30-17-7-5-6-16(15-17)25-23(29)21-20(28)10-13-27-19-9-4-3-8-18(19)26-22(21)27/h3-9,15,21,24H,2,10-14H2,1H3,(H,25,29). The van der Waals surface area contributed by atoms with E-state index in [1.807, 2.05) is 41.0 Å². The molecule has 1 amide bonds. The quantitative estimate of drug-likeness (QED) is 0.444. The van der Waals surface area contributed by atoms with E-state index < -0.39 is 5.92 Å². The minimum Gasteiger partial charge on any atom is -0.492 e. The summed E-state index contributed by atoms with van der Waals surface area (Å²) in [6.45, 7) is 4.93. The van der Waals surface area contributed by atoms with Crippen molar-refractivity contribution in [3.05, 3.63) is 54.4 Å². The van der Waals surface area contributed by atoms with Crippen molar-refractivity contribution in [3.63, 3.8) is 0 Å². The Morgan fingerprint density at radius 1 is 1.20 bits per heavy atom. The number of para-hydroxylation sites is 2. The first-order valence-electron chi connectivity index (χ1n) is 10.4. The molecule has 0 saturated heterocycles. The van der Waals surface area contributed by atoms with Gasteiger partial charge in [-0.25, -0.2) is 4.98 Å². The van der Waals surface area contributed by atoms with Gasteiger partial charge in [-0.2, -0.15) is 0 Å². The molecule has 3 aromatic rings. The fraction of sp³-hybridized carbons (Fsp3) is 0.348. The molecule has 30 heavy (non-hydrogen) atoms. The highest BCUT2D eigenvalue weighted by Crippen LogP contribution is 2.30. The minimum absolute atomic E-state index is 0.107. The maximum absolute atomic E-state index is 13.0. The highest BCUT2D eigenvalue weighted by Gasteiger charge is 2.36. The molecule has 0 fully saturated rings. The molecule has 1 aromatic heterocycles. The number of hydrogen-bond acceptors (Lipinski definition) is 5. The van der Waals surface area contributed by atoms with Crippen molar-refractivity contribution in [1.82, 2.24) is 14.9 Å². The molecule has 2 aromatic carbocycles. The molecular formula is C23H26N4O3. The number of rotatable bonds is 8. The number of anilines is 1. The van der Waals surface area contributed by atoms with Crippen molar-refractivity contribution in [2.24, 2.45) is 0 Å². The molecular weight excluding hydrogens is 380 g/mol. The minimum atomic E-state index is -0.908. The van der Waals surface area contributed by atoms with Gasteiger partial charge in [0.1, 0.15) is 18.2 Å². The van der Waals surface area contributed by atoms with Crippen LogP contribution in [-0.2, 0) is 16.1 Å². The molecule has 1 unspecified atom stereocenters. The fourth-order valence-corrected chi connectivity index (χ4v) is 3.74. The number of nitrogens with one attached hydrogen (secondary N) is 2. The summed E-state index contributed by atoms with van der Waals surface area (Å²) in [6.07, 6.45) is 1.40. The summed E-state index contributed by atoms with van der Waals surface area (Å²) in [4.78, 5) is 30.2. The predicted molar refractivity (Wildman–Crippen MR) is 116 cm³/mol. The average Bonchev–Trinajstić information content (AvgIpc) is 3.12. The van der Waals surface area contributed by atoms with Crippen molar-refractivity contribution >= 4 is 28.4 Å². The van der Waals surface area contributed by atoms with Gasteiger partial charge in [-0.1, -0.05) is 25.1 Å². The van der Waals surface area contributed by atoms with E-state index in [0.29, 0.717) is 36.8 Å². The Kier molecular flexibility index (Phi) is 6.09. The van der Waals surface area contributed by atoms with Crippen molar-refractivity contribution in [1.29, 1.82) is 0 Å². The van der Waals surface area contributed by atoms with Crippen LogP contribution in [0.2, 0.25) is 0 Å². The van der Waals surface area contributed by atoms with Crippen molar-refractivity contribution < 1.29 is 14.3 Å². The summed E-state index contributed by atoms with van der Waals surface area (Å²) in [5, 5.41) is 6.15. The second-order valence-electron chi connectivity index (χ2n) is 7.38. The van der Waals surface area contributed by atoms with Gasteiger partial charge >= 0.3 is 0 Å². The molecule has 4 rings (SSSR count). The van der Waals surface area contributed by atoms with Gasteiger partial charge in [0, 0.05) is 31.3 Å². The number of benzene rings is 2. The molecule has 0 aliphatic carbocycles. The van der Waals surface area contributed by atoms with Crippen molar-refractivity contribution in [2.75, 3.05) is 25.0 Å². The van der Waals surface area contributed by atoms with E-state index in [2.05, 4.69) is 22.5 Å². The lowest BCUT2D eigenvalue weighted by atomic mass is 9.96. The van der Waals surface area contributed by atoms with Gasteiger partial charge in [0.15, 0.2) is 11.7 Å². The summed E-state index contributed by atoms with van der Waals surface area (Å²) < 4.78 is 7.72. The van der Waals surface area contributed by atoms with Crippen molar-refractivity contribution in [2.45, 2.75) is 32.2 Å². The van der Waals surface area contributed by atoms with Crippen molar-refractivity contribution in [3.8, 4) is 5.75 Å². The number of nitrogens with zero attached hydrogens (tertiary/aromatic N) is 2. The number of imidazole rings is 1. The van der Waals surface area contributed by atoms with Crippen LogP contribution in [-0.4, -0.2) is 40.9 Å². The lowest BCUT2D eigenvalue weighted by molar-refractivity contribution is -0.128. The van der Waals surface area contributed by atoms with Crippen LogP contribution in [0.25, 0.3) is 11.0 Å². The van der Waals surface area contributed by atoms with Gasteiger partial charge < -0.3 is 19.9 Å². The second-order valence-corrected chi connectivity index (χ2v) is 7.38. The van der Waals surface area contributed by atoms with E-state index in [1.54, 1.807) is 12.1 Å². The SMILES string of the molecule is CCCNCCOc1cccc(NC(=O)C2C(=O)CCn3c2nc2ccccc23)c1. The number of hydrogen-bond donors (Lipinski definition) is 2. The molecule has 0 radical (unpaired) electrons. The van der Waals surface area contributed by atoms with E-state index in [0.717, 1.165) is 30.5 Å². The van der Waals surface area contributed by atoms with Crippen LogP contribution in [0.4, 0.5) is 5.69 Å². The van der Waals surface area contributed by atoms with E-state index in [9.17, 15) is 9.59 Å². The second kappa shape index (κ2) is 9.09. The Morgan fingerprint density at radius 3 is 2.93 bits per heavy atom. The van der Waals surface area contributed by atoms with Gasteiger partial charge in [0.2, 0.25) is 5.91 Å². The zero-order chi connectivity index (χ0) is 20.9. The Labute approximate surface area is 175 Å². The van der Waals surface area contributed by atoms with Gasteiger partial charge in [0.25, 0.3) is 0 Å². The van der Waals surface area contributed by atoms with Crippen LogP contribution in [0.1, 0.15) is 31.5 Å². The molecule has 7 nitrogen and oxygen atoms in total. The maximum atomic E-state index is 13.0. The third-order valence-electron chi connectivity index (χ3n) is 5.18. The average molecular weight is 406 g/mol. The first-order valence-corrected chi connectivity index (χ1v) is 10.4. The maximum Gasteiger partial charge on any atom is 0.242 e. The first-order chi connectivity index (χ1) is 14.7. The van der Waals surface area contributed by atoms with Crippen LogP contribution in [0.3, 0.4) is 0 Å². The zero-order valence-corrected chi connectivity index (χ0v) is 17.1. The summed E-state index contributed by atoms with van der Waals surface area (Å²) in [6, 6.07) is 14.9. The highest BCUT2D eigenvalue weighted by molar-refractivity contribution is 6.12. The number of carbonyl (C=O) groups excluding carboxylic acids is 2. The highest BCUT2D eigenvalue weighted by atomic mass is 16.5. The predicted octanol–water partition coefficient (Wildman–Crippen LogP) is 3.11. The van der Waals surface area contributed by atoms with Gasteiger partial charge in [-0.05, 0) is 37.2 Å². The summed E-state index contributed by atoms with van der Waals surface area (Å²) >= 11 is 0. The van der Waals surface area contributed by atoms with Crippen LogP contribution >= 0.6 is 0 Å². The first kappa shape index (κ1) is 20.1. The normalized spacial score (nSPS) is 15.8. The molecule has 2 heterocycles. The molecule has 156 valence electrons. The number of amides is 1. The van der Waals surface area contributed by atoms with E-state index in [1.165, 1.54) is 0 Å². The summed E-state index contributed by atoms with van der Waals surface area (Å²) in [7, 11) is 0. The largest absolute Gasteiger partial charge is 0.492 e. The third kappa shape index (κ3) is 4.21. The topological polar surface area (TPSA) is 85.3 Å². The lowest BCUT2D eigenvalue weighted by Crippen LogP contribution is -2.34. The van der Waals surface area contributed by atoms with E-state index in [4.69, 9.17) is 4.74 Å². The van der Waals surface area contributed by atoms with Gasteiger partial charge in [-0.3, -0.25) is 9.59 Å². The number of ether oxygens (including phenoxy) is 1. The zero-order valence-electron chi connectivity index (χ0n) is 17.1. The molecule has 1 atom stereocenters. The molecule has 0 saturated carbocycles. The number of fused-ring (bicyclic) bond motifs is 3. The lowest BCUT2D eigenvalue weighted by Gasteiger charge is -2.22. The summed E-state index contributed by atoms with van der Waals surface area (Å²) in [5.74, 6) is -0.190. The van der Waals surface area contributed by atoms with E-state index >= 15 is 0 Å². The van der Waals surface area contributed by atoms with Gasteiger partial charge in [-0.15, -0.1) is 0 Å². The number of aromatic nitrogens is 2. The number of aryl methyl sites for hydroxylation is 1. The van der Waals surface area contributed by atoms with E-state index in [-0.39, 0.29) is 11.7 Å². The van der Waals surface area contributed by atoms with Crippen LogP contribution in [0.5, 0.6) is 5.75 Å². The smallest absolute Gasteiger partial charge is 0.242 e. The molecule has 7 heteroatoms. The molecule has 1 aliphatic rings. The molecule has 0 bridgehead atoms. The van der Waals surface area contributed by atoms with Crippen LogP contribution in [0.15, 0.2) is 48.5 Å². The monoisotopic (exact) mass is 406 g/mol. The Hall–Kier alpha value is -3.19. The molecule has 2 N–H and O–H groups in total. The third-order valence-corrected chi connectivity index (χ3v) is 5.18. The summed E-state index contributed by atoms with van der Waals surface area (Å²) in [5.41, 5.74) is 2.34. The molecule has 0 spiro atoms. The number of carbonyl (C=O) groups is 2. The number of ketones is 1. The Morgan fingerprint density at radius 2 is 2.07 bits per heavy atom. The van der Waals surface area contributed by atoms with Crippen LogP contribution < -0.4 is 15.4 Å². The Balaban J connectivity index is 1.48.